The zero-order valence-electron chi connectivity index (χ0n) is 17.2. The van der Waals surface area contributed by atoms with Crippen molar-refractivity contribution in [2.75, 3.05) is 30.9 Å². The first-order valence-electron chi connectivity index (χ1n) is 9.84. The van der Waals surface area contributed by atoms with Crippen molar-refractivity contribution in [3.05, 3.63) is 42.0 Å². The number of rotatable bonds is 5. The van der Waals surface area contributed by atoms with Gasteiger partial charge in [0.2, 0.25) is 15.9 Å². The van der Waals surface area contributed by atoms with Crippen LogP contribution in [0.2, 0.25) is 0 Å². The van der Waals surface area contributed by atoms with E-state index in [4.69, 9.17) is 9.47 Å². The number of carbonyl (C=O) groups is 2. The Hall–Kier alpha value is -3.11. The van der Waals surface area contributed by atoms with Crippen LogP contribution >= 0.6 is 0 Å². The zero-order valence-corrected chi connectivity index (χ0v) is 18.0. The van der Waals surface area contributed by atoms with Gasteiger partial charge < -0.3 is 20.1 Å². The minimum absolute atomic E-state index is 0.0550. The van der Waals surface area contributed by atoms with Crippen LogP contribution in [-0.4, -0.2) is 50.8 Å². The van der Waals surface area contributed by atoms with E-state index in [-0.39, 0.29) is 29.7 Å². The maximum Gasteiger partial charge on any atom is 0.262 e. The molecule has 31 heavy (non-hydrogen) atoms. The van der Waals surface area contributed by atoms with Crippen LogP contribution in [0.5, 0.6) is 11.5 Å². The Bertz CT molecular complexity index is 1150. The number of nitrogens with zero attached hydrogens (tertiary/aromatic N) is 1. The van der Waals surface area contributed by atoms with Gasteiger partial charge in [-0.15, -0.1) is 0 Å². The van der Waals surface area contributed by atoms with Crippen molar-refractivity contribution >= 4 is 33.2 Å². The molecule has 2 aromatic rings. The molecule has 2 aliphatic rings. The van der Waals surface area contributed by atoms with Crippen molar-refractivity contribution in [2.24, 2.45) is 0 Å². The molecular weight excluding hydrogens is 422 g/mol. The summed E-state index contributed by atoms with van der Waals surface area (Å²) >= 11 is 0. The van der Waals surface area contributed by atoms with Crippen LogP contribution < -0.4 is 20.1 Å². The predicted octanol–water partition coefficient (Wildman–Crippen LogP) is 2.13. The summed E-state index contributed by atoms with van der Waals surface area (Å²) in [6, 6.07) is 9.09. The summed E-state index contributed by atoms with van der Waals surface area (Å²) < 4.78 is 38.8. The summed E-state index contributed by atoms with van der Waals surface area (Å²) in [4.78, 5) is 24.6. The van der Waals surface area contributed by atoms with Crippen LogP contribution in [0.1, 0.15) is 18.4 Å². The summed E-state index contributed by atoms with van der Waals surface area (Å²) in [5, 5.41) is 5.45. The molecular formula is C21H23N3O6S. The van der Waals surface area contributed by atoms with Gasteiger partial charge in [-0.1, -0.05) is 12.1 Å². The lowest BCUT2D eigenvalue weighted by molar-refractivity contribution is -0.119. The van der Waals surface area contributed by atoms with Gasteiger partial charge in [0.05, 0.1) is 23.4 Å². The van der Waals surface area contributed by atoms with Crippen LogP contribution in [0.3, 0.4) is 0 Å². The third kappa shape index (κ3) is 3.96. The van der Waals surface area contributed by atoms with Gasteiger partial charge in [-0.3, -0.25) is 9.59 Å². The fourth-order valence-corrected chi connectivity index (χ4v) is 5.75. The van der Waals surface area contributed by atoms with E-state index in [0.29, 0.717) is 35.5 Å². The Balaban J connectivity index is 1.62. The predicted molar refractivity (Wildman–Crippen MR) is 114 cm³/mol. The Labute approximate surface area is 180 Å². The van der Waals surface area contributed by atoms with Crippen molar-refractivity contribution in [3.63, 3.8) is 0 Å². The first-order valence-corrected chi connectivity index (χ1v) is 11.3. The first kappa shape index (κ1) is 21.1. The number of aryl methyl sites for hydroxylation is 1. The average Bonchev–Trinajstić information content (AvgIpc) is 3.24. The van der Waals surface area contributed by atoms with Gasteiger partial charge in [0.15, 0.2) is 6.61 Å². The van der Waals surface area contributed by atoms with E-state index < -0.39 is 22.0 Å². The lowest BCUT2D eigenvalue weighted by Crippen LogP contribution is -2.43. The number of hydrogen-bond donors (Lipinski definition) is 2. The largest absolute Gasteiger partial charge is 0.495 e. The van der Waals surface area contributed by atoms with Gasteiger partial charge in [0.25, 0.3) is 5.91 Å². The minimum atomic E-state index is -3.97. The molecule has 2 amide bonds. The molecule has 4 rings (SSSR count). The summed E-state index contributed by atoms with van der Waals surface area (Å²) in [6.07, 6.45) is 0.983. The van der Waals surface area contributed by atoms with Gasteiger partial charge in [-0.05, 0) is 43.5 Å². The molecule has 9 nitrogen and oxygen atoms in total. The molecule has 164 valence electrons. The molecule has 2 N–H and O–H groups in total. The second kappa shape index (κ2) is 8.20. The van der Waals surface area contributed by atoms with Crippen molar-refractivity contribution in [1.29, 1.82) is 0 Å². The number of amides is 2. The van der Waals surface area contributed by atoms with Crippen LogP contribution in [0.15, 0.2) is 41.3 Å². The molecule has 10 heteroatoms. The van der Waals surface area contributed by atoms with Gasteiger partial charge in [-0.25, -0.2) is 8.42 Å². The number of fused-ring (bicyclic) bond motifs is 1. The third-order valence-electron chi connectivity index (χ3n) is 5.37. The van der Waals surface area contributed by atoms with Gasteiger partial charge in [0.1, 0.15) is 17.5 Å². The number of anilines is 2. The highest BCUT2D eigenvalue weighted by molar-refractivity contribution is 7.89. The van der Waals surface area contributed by atoms with Crippen molar-refractivity contribution in [1.82, 2.24) is 4.31 Å². The van der Waals surface area contributed by atoms with E-state index in [1.54, 1.807) is 37.3 Å². The third-order valence-corrected chi connectivity index (χ3v) is 7.42. The van der Waals surface area contributed by atoms with Crippen LogP contribution in [-0.2, 0) is 19.6 Å². The highest BCUT2D eigenvalue weighted by Gasteiger charge is 2.40. The fourth-order valence-electron chi connectivity index (χ4n) is 3.87. The molecule has 2 heterocycles. The zero-order chi connectivity index (χ0) is 22.2. The number of hydrogen-bond acceptors (Lipinski definition) is 6. The fraction of sp³-hybridized carbons (Fsp3) is 0.333. The molecule has 0 bridgehead atoms. The van der Waals surface area contributed by atoms with Crippen LogP contribution in [0.25, 0.3) is 0 Å². The maximum atomic E-state index is 13.5. The molecule has 1 fully saturated rings. The molecule has 1 atom stereocenters. The highest BCUT2D eigenvalue weighted by Crippen LogP contribution is 2.36. The molecule has 1 saturated heterocycles. The number of benzene rings is 2. The molecule has 0 radical (unpaired) electrons. The molecule has 0 spiro atoms. The summed E-state index contributed by atoms with van der Waals surface area (Å²) in [5.74, 6) is 0.0748. The standard InChI is InChI=1S/C21H23N3O6S/c1-13-10-15-18(30-12-20(25)22-15)11-19(13)31(27,28)24-9-5-7-16(24)21(26)23-14-6-3-4-8-17(14)29-2/h3-4,6,8,10-11,16H,5,7,9,12H2,1-2H3,(H,22,25)(H,23,26)/t16-/m0/s1. The van der Waals surface area contributed by atoms with Crippen molar-refractivity contribution in [2.45, 2.75) is 30.7 Å². The Morgan fingerprint density at radius 3 is 2.84 bits per heavy atom. The smallest absolute Gasteiger partial charge is 0.262 e. The van der Waals surface area contributed by atoms with E-state index >= 15 is 0 Å². The lowest BCUT2D eigenvalue weighted by atomic mass is 10.2. The molecule has 0 saturated carbocycles. The normalized spacial score (nSPS) is 18.6. The Morgan fingerprint density at radius 2 is 2.06 bits per heavy atom. The lowest BCUT2D eigenvalue weighted by Gasteiger charge is -2.26. The van der Waals surface area contributed by atoms with E-state index in [0.717, 1.165) is 0 Å². The van der Waals surface area contributed by atoms with E-state index in [1.165, 1.54) is 17.5 Å². The Morgan fingerprint density at radius 1 is 1.29 bits per heavy atom. The Kier molecular flexibility index (Phi) is 5.59. The van der Waals surface area contributed by atoms with Gasteiger partial charge >= 0.3 is 0 Å². The van der Waals surface area contributed by atoms with Crippen LogP contribution in [0.4, 0.5) is 11.4 Å². The van der Waals surface area contributed by atoms with E-state index in [1.807, 2.05) is 0 Å². The SMILES string of the molecule is COc1ccccc1NC(=O)[C@@H]1CCCN1S(=O)(=O)c1cc2c(cc1C)NC(=O)CO2. The molecule has 2 aliphatic heterocycles. The van der Waals surface area contributed by atoms with E-state index in [2.05, 4.69) is 10.6 Å². The quantitative estimate of drug-likeness (QED) is 0.729. The van der Waals surface area contributed by atoms with Gasteiger partial charge in [0, 0.05) is 12.6 Å². The number of carbonyl (C=O) groups excluding carboxylic acids is 2. The number of ether oxygens (including phenoxy) is 2. The molecule has 2 aromatic carbocycles. The minimum Gasteiger partial charge on any atom is -0.495 e. The topological polar surface area (TPSA) is 114 Å². The van der Waals surface area contributed by atoms with Crippen molar-refractivity contribution < 1.29 is 27.5 Å². The van der Waals surface area contributed by atoms with Crippen molar-refractivity contribution in [3.8, 4) is 11.5 Å². The monoisotopic (exact) mass is 445 g/mol. The summed E-state index contributed by atoms with van der Waals surface area (Å²) in [7, 11) is -2.47. The summed E-state index contributed by atoms with van der Waals surface area (Å²) in [6.45, 7) is 1.71. The number of para-hydroxylation sites is 2. The maximum absolute atomic E-state index is 13.5. The first-order chi connectivity index (χ1) is 14.8. The van der Waals surface area contributed by atoms with Crippen LogP contribution in [0, 0.1) is 6.92 Å². The highest BCUT2D eigenvalue weighted by atomic mass is 32.2. The molecule has 0 aromatic heterocycles. The summed E-state index contributed by atoms with van der Waals surface area (Å²) in [5.41, 5.74) is 1.37. The molecule has 0 aliphatic carbocycles. The number of sulfonamides is 1. The average molecular weight is 445 g/mol. The molecule has 0 unspecified atom stereocenters. The second-order valence-corrected chi connectivity index (χ2v) is 9.27. The van der Waals surface area contributed by atoms with E-state index in [9.17, 15) is 18.0 Å². The number of methoxy groups -OCH3 is 1. The van der Waals surface area contributed by atoms with Gasteiger partial charge in [-0.2, -0.15) is 4.31 Å². The second-order valence-electron chi connectivity index (χ2n) is 7.41. The number of nitrogens with one attached hydrogen (secondary N) is 2.